The third-order valence-corrected chi connectivity index (χ3v) is 4.78. The van der Waals surface area contributed by atoms with E-state index in [0.717, 1.165) is 6.54 Å². The summed E-state index contributed by atoms with van der Waals surface area (Å²) in [6.45, 7) is 3.27. The molecule has 1 aromatic carbocycles. The second-order valence-corrected chi connectivity index (χ2v) is 6.34. The Hall–Kier alpha value is -0.190. The lowest BCUT2D eigenvalue weighted by atomic mass is 10.2. The Bertz CT molecular complexity index is 362. The van der Waals surface area contributed by atoms with Gasteiger partial charge in [-0.25, -0.2) is 0 Å². The van der Waals surface area contributed by atoms with Crippen molar-refractivity contribution in [3.8, 4) is 0 Å². The zero-order valence-electron chi connectivity index (χ0n) is 10.2. The highest BCUT2D eigenvalue weighted by molar-refractivity contribution is 9.10. The monoisotopic (exact) mass is 314 g/mol. The average Bonchev–Trinajstić information content (AvgIpc) is 2.60. The molecule has 4 heteroatoms. The quantitative estimate of drug-likeness (QED) is 0.923. The summed E-state index contributed by atoms with van der Waals surface area (Å²) in [5, 5.41) is 3.19. The lowest BCUT2D eigenvalue weighted by Crippen LogP contribution is -2.25. The SMILES string of the molecule is CNCc1ccc(N2CCCSCC2)cc1Br. The zero-order valence-corrected chi connectivity index (χ0v) is 12.6. The first-order valence-corrected chi connectivity index (χ1v) is 8.02. The molecule has 0 aliphatic carbocycles. The van der Waals surface area contributed by atoms with Crippen molar-refractivity contribution in [2.45, 2.75) is 13.0 Å². The molecule has 1 aromatic rings. The molecule has 1 aliphatic heterocycles. The van der Waals surface area contributed by atoms with E-state index < -0.39 is 0 Å². The van der Waals surface area contributed by atoms with Crippen LogP contribution in [-0.4, -0.2) is 31.6 Å². The first-order chi connectivity index (χ1) is 8.31. The van der Waals surface area contributed by atoms with Gasteiger partial charge in [-0.2, -0.15) is 11.8 Å². The second kappa shape index (κ2) is 6.66. The van der Waals surface area contributed by atoms with Crippen molar-refractivity contribution >= 4 is 33.4 Å². The van der Waals surface area contributed by atoms with Gasteiger partial charge in [0.05, 0.1) is 0 Å². The smallest absolute Gasteiger partial charge is 0.0378 e. The Labute approximate surface area is 116 Å². The largest absolute Gasteiger partial charge is 0.371 e. The lowest BCUT2D eigenvalue weighted by Gasteiger charge is -2.23. The number of benzene rings is 1. The topological polar surface area (TPSA) is 15.3 Å². The van der Waals surface area contributed by atoms with Crippen LogP contribution < -0.4 is 10.2 Å². The van der Waals surface area contributed by atoms with Crippen molar-refractivity contribution in [1.29, 1.82) is 0 Å². The number of halogens is 1. The summed E-state index contributed by atoms with van der Waals surface area (Å²) < 4.78 is 1.21. The standard InChI is InChI=1S/C13H19BrN2S/c1-15-10-11-3-4-12(9-13(11)14)16-5-2-7-17-8-6-16/h3-4,9,15H,2,5-8,10H2,1H3. The second-order valence-electron chi connectivity index (χ2n) is 4.26. The van der Waals surface area contributed by atoms with Gasteiger partial charge in [0.25, 0.3) is 0 Å². The van der Waals surface area contributed by atoms with E-state index in [0.29, 0.717) is 0 Å². The van der Waals surface area contributed by atoms with Crippen molar-refractivity contribution in [2.24, 2.45) is 0 Å². The molecule has 94 valence electrons. The van der Waals surface area contributed by atoms with Crippen molar-refractivity contribution in [2.75, 3.05) is 36.5 Å². The number of rotatable bonds is 3. The van der Waals surface area contributed by atoms with Gasteiger partial charge in [-0.3, -0.25) is 0 Å². The van der Waals surface area contributed by atoms with E-state index in [2.05, 4.69) is 56.1 Å². The van der Waals surface area contributed by atoms with Crippen LogP contribution in [-0.2, 0) is 6.54 Å². The highest BCUT2D eigenvalue weighted by Gasteiger charge is 2.11. The maximum absolute atomic E-state index is 3.66. The Morgan fingerprint density at radius 2 is 2.24 bits per heavy atom. The van der Waals surface area contributed by atoms with Crippen LogP contribution in [0, 0.1) is 0 Å². The maximum atomic E-state index is 3.66. The van der Waals surface area contributed by atoms with Crippen LogP contribution >= 0.6 is 27.7 Å². The fraction of sp³-hybridized carbons (Fsp3) is 0.538. The van der Waals surface area contributed by atoms with Crippen LogP contribution in [0.3, 0.4) is 0 Å². The number of nitrogens with one attached hydrogen (secondary N) is 1. The molecule has 0 atom stereocenters. The summed E-state index contributed by atoms with van der Waals surface area (Å²) in [4.78, 5) is 2.49. The van der Waals surface area contributed by atoms with Gasteiger partial charge in [0.15, 0.2) is 0 Å². The molecule has 0 aromatic heterocycles. The summed E-state index contributed by atoms with van der Waals surface area (Å²) in [5.74, 6) is 2.55. The minimum Gasteiger partial charge on any atom is -0.371 e. The highest BCUT2D eigenvalue weighted by Crippen LogP contribution is 2.25. The summed E-state index contributed by atoms with van der Waals surface area (Å²) in [6, 6.07) is 6.71. The van der Waals surface area contributed by atoms with Crippen molar-refractivity contribution in [3.63, 3.8) is 0 Å². The Kier molecular flexibility index (Phi) is 5.19. The van der Waals surface area contributed by atoms with Gasteiger partial charge in [0, 0.05) is 35.5 Å². The fourth-order valence-corrected chi connectivity index (χ4v) is 3.46. The van der Waals surface area contributed by atoms with Crippen LogP contribution in [0.2, 0.25) is 0 Å². The first-order valence-electron chi connectivity index (χ1n) is 6.07. The van der Waals surface area contributed by atoms with Gasteiger partial charge >= 0.3 is 0 Å². The molecule has 0 amide bonds. The van der Waals surface area contributed by atoms with Crippen LogP contribution in [0.1, 0.15) is 12.0 Å². The summed E-state index contributed by atoms with van der Waals surface area (Å²) in [6.07, 6.45) is 1.29. The Morgan fingerprint density at radius 3 is 3.00 bits per heavy atom. The van der Waals surface area contributed by atoms with E-state index >= 15 is 0 Å². The molecule has 1 fully saturated rings. The van der Waals surface area contributed by atoms with E-state index in [-0.39, 0.29) is 0 Å². The number of anilines is 1. The molecular weight excluding hydrogens is 296 g/mol. The zero-order chi connectivity index (χ0) is 12.1. The number of nitrogens with zero attached hydrogens (tertiary/aromatic N) is 1. The number of hydrogen-bond donors (Lipinski definition) is 1. The lowest BCUT2D eigenvalue weighted by molar-refractivity contribution is 0.804. The van der Waals surface area contributed by atoms with Crippen LogP contribution in [0.4, 0.5) is 5.69 Å². The third-order valence-electron chi connectivity index (χ3n) is 2.99. The van der Waals surface area contributed by atoms with Crippen LogP contribution in [0.15, 0.2) is 22.7 Å². The molecule has 0 radical (unpaired) electrons. The van der Waals surface area contributed by atoms with Gasteiger partial charge in [-0.1, -0.05) is 22.0 Å². The molecule has 17 heavy (non-hydrogen) atoms. The predicted octanol–water partition coefficient (Wildman–Crippen LogP) is 3.11. The minimum atomic E-state index is 0.913. The Balaban J connectivity index is 2.12. The maximum Gasteiger partial charge on any atom is 0.0378 e. The molecule has 1 N–H and O–H groups in total. The summed E-state index contributed by atoms with van der Waals surface area (Å²) >= 11 is 5.73. The van der Waals surface area contributed by atoms with E-state index in [1.54, 1.807) is 0 Å². The third kappa shape index (κ3) is 3.63. The molecule has 0 spiro atoms. The van der Waals surface area contributed by atoms with E-state index in [1.165, 1.54) is 46.7 Å². The van der Waals surface area contributed by atoms with Crippen molar-refractivity contribution in [1.82, 2.24) is 5.32 Å². The molecule has 2 rings (SSSR count). The van der Waals surface area contributed by atoms with Crippen LogP contribution in [0.5, 0.6) is 0 Å². The minimum absolute atomic E-state index is 0.913. The molecule has 0 bridgehead atoms. The molecule has 1 heterocycles. The van der Waals surface area contributed by atoms with Gasteiger partial charge < -0.3 is 10.2 Å². The highest BCUT2D eigenvalue weighted by atomic mass is 79.9. The van der Waals surface area contributed by atoms with E-state index in [4.69, 9.17) is 0 Å². The predicted molar refractivity (Wildman–Crippen MR) is 81.1 cm³/mol. The van der Waals surface area contributed by atoms with Gasteiger partial charge in [-0.05, 0) is 36.9 Å². The average molecular weight is 315 g/mol. The number of thioether (sulfide) groups is 1. The van der Waals surface area contributed by atoms with Gasteiger partial charge in [0.2, 0.25) is 0 Å². The molecule has 0 unspecified atom stereocenters. The number of hydrogen-bond acceptors (Lipinski definition) is 3. The molecular formula is C13H19BrN2S. The molecule has 0 saturated carbocycles. The van der Waals surface area contributed by atoms with Gasteiger partial charge in [0.1, 0.15) is 0 Å². The fourth-order valence-electron chi connectivity index (χ4n) is 2.07. The molecule has 1 saturated heterocycles. The van der Waals surface area contributed by atoms with Crippen LogP contribution in [0.25, 0.3) is 0 Å². The van der Waals surface area contributed by atoms with Crippen molar-refractivity contribution < 1.29 is 0 Å². The van der Waals surface area contributed by atoms with Gasteiger partial charge in [-0.15, -0.1) is 0 Å². The summed E-state index contributed by atoms with van der Waals surface area (Å²) in [5.41, 5.74) is 2.67. The van der Waals surface area contributed by atoms with E-state index in [1.807, 2.05) is 7.05 Å². The normalized spacial score (nSPS) is 16.9. The summed E-state index contributed by atoms with van der Waals surface area (Å²) in [7, 11) is 1.98. The first kappa shape index (κ1) is 13.2. The molecule has 2 nitrogen and oxygen atoms in total. The molecule has 1 aliphatic rings. The Morgan fingerprint density at radius 1 is 1.35 bits per heavy atom. The van der Waals surface area contributed by atoms with E-state index in [9.17, 15) is 0 Å². The van der Waals surface area contributed by atoms with Crippen molar-refractivity contribution in [3.05, 3.63) is 28.2 Å².